The van der Waals surface area contributed by atoms with Crippen LogP contribution in [0.1, 0.15) is 19.8 Å². The molecule has 2 aromatic carbocycles. The predicted molar refractivity (Wildman–Crippen MR) is 124 cm³/mol. The molecule has 2 heterocycles. The standard InChI is InChI=1S/C24H28N4O4/c1-4-32-24-22(25-18-9-5-6-10-19(18)27-24)28-13-7-8-16(15-28)23(29)26-20-12-11-17(30-2)14-21(20)31-3/h5-6,9-12,14,16H,4,7-8,13,15H2,1-3H3,(H,26,29)/t16-/m1/s1. The van der Waals surface area contributed by atoms with E-state index in [1.165, 1.54) is 0 Å². The maximum atomic E-state index is 13.1. The maximum Gasteiger partial charge on any atom is 0.258 e. The first kappa shape index (κ1) is 21.7. The van der Waals surface area contributed by atoms with Gasteiger partial charge in [0, 0.05) is 19.2 Å². The Morgan fingerprint density at radius 2 is 1.91 bits per heavy atom. The van der Waals surface area contributed by atoms with E-state index in [9.17, 15) is 4.79 Å². The van der Waals surface area contributed by atoms with Crippen LogP contribution in [0.5, 0.6) is 17.4 Å². The van der Waals surface area contributed by atoms with Gasteiger partial charge in [-0.05, 0) is 44.0 Å². The van der Waals surface area contributed by atoms with Crippen LogP contribution in [-0.2, 0) is 4.79 Å². The average Bonchev–Trinajstić information content (AvgIpc) is 2.84. The molecule has 168 valence electrons. The zero-order chi connectivity index (χ0) is 22.5. The highest BCUT2D eigenvalue weighted by molar-refractivity contribution is 5.94. The summed E-state index contributed by atoms with van der Waals surface area (Å²) in [7, 11) is 3.16. The lowest BCUT2D eigenvalue weighted by atomic mass is 9.97. The minimum absolute atomic E-state index is 0.0510. The summed E-state index contributed by atoms with van der Waals surface area (Å²) in [4.78, 5) is 24.7. The Labute approximate surface area is 187 Å². The molecule has 1 atom stereocenters. The van der Waals surface area contributed by atoms with Crippen molar-refractivity contribution in [1.82, 2.24) is 9.97 Å². The Balaban J connectivity index is 1.55. The number of carbonyl (C=O) groups excluding carboxylic acids is 1. The van der Waals surface area contributed by atoms with Crippen molar-refractivity contribution in [3.63, 3.8) is 0 Å². The summed E-state index contributed by atoms with van der Waals surface area (Å²) in [5, 5.41) is 3.01. The number of hydrogen-bond donors (Lipinski definition) is 1. The van der Waals surface area contributed by atoms with Gasteiger partial charge in [0.1, 0.15) is 11.5 Å². The summed E-state index contributed by atoms with van der Waals surface area (Å²) in [5.74, 6) is 2.17. The number of nitrogens with one attached hydrogen (secondary N) is 1. The molecule has 0 radical (unpaired) electrons. The second kappa shape index (κ2) is 9.72. The van der Waals surface area contributed by atoms with Crippen LogP contribution in [0.3, 0.4) is 0 Å². The number of piperidine rings is 1. The molecule has 1 aromatic heterocycles. The molecule has 1 amide bonds. The molecule has 32 heavy (non-hydrogen) atoms. The molecule has 0 unspecified atom stereocenters. The fraction of sp³-hybridized carbons (Fsp3) is 0.375. The minimum atomic E-state index is -0.196. The summed E-state index contributed by atoms with van der Waals surface area (Å²) in [6, 6.07) is 13.1. The van der Waals surface area contributed by atoms with E-state index in [4.69, 9.17) is 19.2 Å². The van der Waals surface area contributed by atoms with Gasteiger partial charge in [-0.1, -0.05) is 12.1 Å². The van der Waals surface area contributed by atoms with E-state index in [-0.39, 0.29) is 11.8 Å². The van der Waals surface area contributed by atoms with Crippen molar-refractivity contribution in [3.8, 4) is 17.4 Å². The molecule has 0 spiro atoms. The van der Waals surface area contributed by atoms with E-state index in [0.717, 1.165) is 30.4 Å². The highest BCUT2D eigenvalue weighted by Crippen LogP contribution is 2.33. The second-order valence-corrected chi connectivity index (χ2v) is 7.61. The largest absolute Gasteiger partial charge is 0.497 e. The highest BCUT2D eigenvalue weighted by Gasteiger charge is 2.29. The van der Waals surface area contributed by atoms with Crippen LogP contribution in [0.25, 0.3) is 11.0 Å². The number of hydrogen-bond acceptors (Lipinski definition) is 7. The van der Waals surface area contributed by atoms with E-state index in [0.29, 0.717) is 42.0 Å². The Bertz CT molecular complexity index is 1100. The Morgan fingerprint density at radius 1 is 1.12 bits per heavy atom. The predicted octanol–water partition coefficient (Wildman–Crippen LogP) is 3.90. The van der Waals surface area contributed by atoms with Gasteiger partial charge < -0.3 is 24.4 Å². The lowest BCUT2D eigenvalue weighted by molar-refractivity contribution is -0.120. The molecule has 8 nitrogen and oxygen atoms in total. The number of anilines is 2. The van der Waals surface area contributed by atoms with Crippen molar-refractivity contribution in [1.29, 1.82) is 0 Å². The smallest absolute Gasteiger partial charge is 0.258 e. The van der Waals surface area contributed by atoms with Gasteiger partial charge in [-0.2, -0.15) is 0 Å². The zero-order valence-electron chi connectivity index (χ0n) is 18.6. The van der Waals surface area contributed by atoms with Crippen molar-refractivity contribution >= 4 is 28.4 Å². The van der Waals surface area contributed by atoms with Gasteiger partial charge in [0.2, 0.25) is 5.91 Å². The fourth-order valence-electron chi connectivity index (χ4n) is 3.93. The first-order valence-electron chi connectivity index (χ1n) is 10.8. The number of nitrogens with zero attached hydrogens (tertiary/aromatic N) is 3. The van der Waals surface area contributed by atoms with Crippen LogP contribution in [-0.4, -0.2) is 49.8 Å². The van der Waals surface area contributed by atoms with Crippen LogP contribution < -0.4 is 24.4 Å². The molecule has 1 saturated heterocycles. The number of ether oxygens (including phenoxy) is 3. The Hall–Kier alpha value is -3.55. The molecule has 1 aliphatic heterocycles. The second-order valence-electron chi connectivity index (χ2n) is 7.61. The van der Waals surface area contributed by atoms with Gasteiger partial charge in [-0.3, -0.25) is 4.79 Å². The normalized spacial score (nSPS) is 16.0. The number of fused-ring (bicyclic) bond motifs is 1. The number of para-hydroxylation sites is 2. The molecular weight excluding hydrogens is 408 g/mol. The van der Waals surface area contributed by atoms with Gasteiger partial charge in [0.25, 0.3) is 5.88 Å². The summed E-state index contributed by atoms with van der Waals surface area (Å²) in [5.41, 5.74) is 2.22. The average molecular weight is 437 g/mol. The number of amides is 1. The topological polar surface area (TPSA) is 85.8 Å². The van der Waals surface area contributed by atoms with E-state index >= 15 is 0 Å². The van der Waals surface area contributed by atoms with Crippen molar-refractivity contribution < 1.29 is 19.0 Å². The highest BCUT2D eigenvalue weighted by atomic mass is 16.5. The lowest BCUT2D eigenvalue weighted by Crippen LogP contribution is -2.41. The van der Waals surface area contributed by atoms with Crippen LogP contribution in [0, 0.1) is 5.92 Å². The Kier molecular flexibility index (Phi) is 6.58. The summed E-state index contributed by atoms with van der Waals surface area (Å²) in [6.07, 6.45) is 1.67. The van der Waals surface area contributed by atoms with E-state index in [1.54, 1.807) is 32.4 Å². The van der Waals surface area contributed by atoms with Gasteiger partial charge in [-0.25, -0.2) is 9.97 Å². The lowest BCUT2D eigenvalue weighted by Gasteiger charge is -2.33. The third-order valence-corrected chi connectivity index (χ3v) is 5.56. The molecule has 1 aliphatic rings. The van der Waals surface area contributed by atoms with Crippen LogP contribution >= 0.6 is 0 Å². The third-order valence-electron chi connectivity index (χ3n) is 5.56. The third kappa shape index (κ3) is 4.54. The first-order chi connectivity index (χ1) is 15.6. The maximum absolute atomic E-state index is 13.1. The molecule has 1 N–H and O–H groups in total. The molecule has 4 rings (SSSR count). The van der Waals surface area contributed by atoms with Crippen molar-refractivity contribution in [2.24, 2.45) is 5.92 Å². The molecule has 3 aromatic rings. The monoisotopic (exact) mass is 436 g/mol. The number of benzene rings is 2. The number of methoxy groups -OCH3 is 2. The van der Waals surface area contributed by atoms with Crippen LogP contribution in [0.15, 0.2) is 42.5 Å². The van der Waals surface area contributed by atoms with Gasteiger partial charge in [-0.15, -0.1) is 0 Å². The van der Waals surface area contributed by atoms with Gasteiger partial charge >= 0.3 is 0 Å². The molecular formula is C24H28N4O4. The summed E-state index contributed by atoms with van der Waals surface area (Å²) < 4.78 is 16.4. The summed E-state index contributed by atoms with van der Waals surface area (Å²) in [6.45, 7) is 3.75. The van der Waals surface area contributed by atoms with Crippen molar-refractivity contribution in [2.45, 2.75) is 19.8 Å². The molecule has 0 bridgehead atoms. The number of aromatic nitrogens is 2. The van der Waals surface area contributed by atoms with Crippen LogP contribution in [0.4, 0.5) is 11.5 Å². The quantitative estimate of drug-likeness (QED) is 0.601. The number of carbonyl (C=O) groups is 1. The molecule has 1 fully saturated rings. The minimum Gasteiger partial charge on any atom is -0.497 e. The van der Waals surface area contributed by atoms with Crippen LogP contribution in [0.2, 0.25) is 0 Å². The fourth-order valence-corrected chi connectivity index (χ4v) is 3.93. The van der Waals surface area contributed by atoms with Gasteiger partial charge in [0.15, 0.2) is 5.82 Å². The van der Waals surface area contributed by atoms with Crippen molar-refractivity contribution in [3.05, 3.63) is 42.5 Å². The molecule has 0 saturated carbocycles. The van der Waals surface area contributed by atoms with Crippen molar-refractivity contribution in [2.75, 3.05) is 44.1 Å². The first-order valence-corrected chi connectivity index (χ1v) is 10.8. The van der Waals surface area contributed by atoms with E-state index in [1.807, 2.05) is 31.2 Å². The zero-order valence-corrected chi connectivity index (χ0v) is 18.6. The van der Waals surface area contributed by atoms with Gasteiger partial charge in [0.05, 0.1) is 43.5 Å². The van der Waals surface area contributed by atoms with E-state index < -0.39 is 0 Å². The van der Waals surface area contributed by atoms with E-state index in [2.05, 4.69) is 15.2 Å². The summed E-state index contributed by atoms with van der Waals surface area (Å²) >= 11 is 0. The molecule has 0 aliphatic carbocycles. The number of rotatable bonds is 7. The SMILES string of the molecule is CCOc1nc2ccccc2nc1N1CCC[C@@H](C(=O)Nc2ccc(OC)cc2OC)C1. The molecule has 8 heteroatoms. The Morgan fingerprint density at radius 3 is 2.62 bits per heavy atom.